The summed E-state index contributed by atoms with van der Waals surface area (Å²) in [4.78, 5) is 11.5. The van der Waals surface area contributed by atoms with Crippen LogP contribution in [0, 0.1) is 11.6 Å². The van der Waals surface area contributed by atoms with Crippen molar-refractivity contribution in [3.63, 3.8) is 0 Å². The summed E-state index contributed by atoms with van der Waals surface area (Å²) in [5.41, 5.74) is 0. The van der Waals surface area contributed by atoms with E-state index >= 15 is 0 Å². The number of halogens is 2. The second-order valence-electron chi connectivity index (χ2n) is 3.52. The number of aliphatic hydroxyl groups excluding tert-OH is 1. The van der Waals surface area contributed by atoms with E-state index in [9.17, 15) is 13.6 Å². The van der Waals surface area contributed by atoms with Crippen LogP contribution in [0.5, 0.6) is 0 Å². The average Bonchev–Trinajstić information content (AvgIpc) is 2.25. The first-order chi connectivity index (χ1) is 7.99. The van der Waals surface area contributed by atoms with E-state index in [1.165, 1.54) is 6.07 Å². The molecule has 1 amide bonds. The van der Waals surface area contributed by atoms with Crippen LogP contribution in [-0.4, -0.2) is 29.4 Å². The molecule has 0 aliphatic carbocycles. The molecular formula is C11H13F2NO2S. The highest BCUT2D eigenvalue weighted by atomic mass is 32.2. The largest absolute Gasteiger partial charge is 0.392 e. The molecule has 0 aromatic heterocycles. The minimum absolute atomic E-state index is 0.0231. The maximum Gasteiger partial charge on any atom is 0.230 e. The van der Waals surface area contributed by atoms with E-state index < -0.39 is 17.7 Å². The lowest BCUT2D eigenvalue weighted by molar-refractivity contribution is -0.118. The first-order valence-electron chi connectivity index (χ1n) is 5.01. The Morgan fingerprint density at radius 3 is 2.82 bits per heavy atom. The molecule has 0 fully saturated rings. The number of nitrogens with one attached hydrogen (secondary N) is 1. The number of carbonyl (C=O) groups excluding carboxylic acids is 1. The summed E-state index contributed by atoms with van der Waals surface area (Å²) in [5.74, 6) is -1.61. The molecule has 2 N–H and O–H groups in total. The standard InChI is InChI=1S/C11H13F2NO2S/c1-7(15)5-14-11(16)6-17-10-3-2-8(12)4-9(10)13/h2-4,7,15H,5-6H2,1H3,(H,14,16)/t7-/m1/s1. The Morgan fingerprint density at radius 2 is 2.24 bits per heavy atom. The Morgan fingerprint density at radius 1 is 1.53 bits per heavy atom. The number of aliphatic hydroxyl groups is 1. The van der Waals surface area contributed by atoms with Crippen LogP contribution in [-0.2, 0) is 4.79 Å². The van der Waals surface area contributed by atoms with E-state index in [0.717, 1.165) is 23.9 Å². The van der Waals surface area contributed by atoms with Gasteiger partial charge in [-0.1, -0.05) is 0 Å². The number of benzene rings is 1. The van der Waals surface area contributed by atoms with Gasteiger partial charge in [-0.05, 0) is 19.1 Å². The molecule has 6 heteroatoms. The Hall–Kier alpha value is -1.14. The molecule has 0 saturated carbocycles. The lowest BCUT2D eigenvalue weighted by Gasteiger charge is -2.07. The molecule has 0 aliphatic heterocycles. The molecular weight excluding hydrogens is 248 g/mol. The van der Waals surface area contributed by atoms with Crippen molar-refractivity contribution in [2.24, 2.45) is 0 Å². The summed E-state index contributed by atoms with van der Waals surface area (Å²) >= 11 is 0.980. The molecule has 0 radical (unpaired) electrons. The van der Waals surface area contributed by atoms with Crippen LogP contribution in [0.3, 0.4) is 0 Å². The highest BCUT2D eigenvalue weighted by Gasteiger charge is 2.08. The third-order valence-corrected chi connectivity index (χ3v) is 2.90. The molecule has 0 heterocycles. The van der Waals surface area contributed by atoms with E-state index in [4.69, 9.17) is 5.11 Å². The Labute approximate surface area is 102 Å². The zero-order chi connectivity index (χ0) is 12.8. The van der Waals surface area contributed by atoms with Crippen molar-refractivity contribution < 1.29 is 18.7 Å². The zero-order valence-corrected chi connectivity index (χ0v) is 10.1. The molecule has 0 aliphatic rings. The maximum atomic E-state index is 13.2. The SMILES string of the molecule is C[C@@H](O)CNC(=O)CSc1ccc(F)cc1F. The summed E-state index contributed by atoms with van der Waals surface area (Å²) in [5, 5.41) is 11.4. The predicted molar refractivity (Wildman–Crippen MR) is 61.8 cm³/mol. The molecule has 0 saturated heterocycles. The molecule has 1 atom stereocenters. The van der Waals surface area contributed by atoms with Gasteiger partial charge in [0.05, 0.1) is 11.9 Å². The first kappa shape index (κ1) is 13.9. The number of hydrogen-bond acceptors (Lipinski definition) is 3. The number of thioether (sulfide) groups is 1. The molecule has 0 bridgehead atoms. The number of rotatable bonds is 5. The summed E-state index contributed by atoms with van der Waals surface area (Å²) < 4.78 is 25.8. The fraction of sp³-hybridized carbons (Fsp3) is 0.364. The van der Waals surface area contributed by atoms with Crippen LogP contribution in [0.1, 0.15) is 6.92 Å². The van der Waals surface area contributed by atoms with Crippen LogP contribution >= 0.6 is 11.8 Å². The quantitative estimate of drug-likeness (QED) is 0.791. The number of amides is 1. The minimum atomic E-state index is -0.682. The first-order valence-corrected chi connectivity index (χ1v) is 6.00. The van der Waals surface area contributed by atoms with Gasteiger partial charge in [0, 0.05) is 17.5 Å². The van der Waals surface area contributed by atoms with E-state index in [2.05, 4.69) is 5.32 Å². The van der Waals surface area contributed by atoms with Gasteiger partial charge >= 0.3 is 0 Å². The van der Waals surface area contributed by atoms with Crippen molar-refractivity contribution in [2.45, 2.75) is 17.9 Å². The van der Waals surface area contributed by atoms with Gasteiger partial charge in [0.1, 0.15) is 11.6 Å². The van der Waals surface area contributed by atoms with Crippen LogP contribution in [0.25, 0.3) is 0 Å². The van der Waals surface area contributed by atoms with Crippen molar-refractivity contribution in [1.29, 1.82) is 0 Å². The molecule has 3 nitrogen and oxygen atoms in total. The molecule has 0 spiro atoms. The van der Waals surface area contributed by atoms with Gasteiger partial charge in [-0.15, -0.1) is 11.8 Å². The van der Waals surface area contributed by atoms with Crippen molar-refractivity contribution in [3.8, 4) is 0 Å². The topological polar surface area (TPSA) is 49.3 Å². The second-order valence-corrected chi connectivity index (χ2v) is 4.53. The fourth-order valence-electron chi connectivity index (χ4n) is 1.05. The van der Waals surface area contributed by atoms with Gasteiger partial charge in [-0.2, -0.15) is 0 Å². The van der Waals surface area contributed by atoms with Crippen LogP contribution in [0.4, 0.5) is 8.78 Å². The zero-order valence-electron chi connectivity index (χ0n) is 9.24. The molecule has 17 heavy (non-hydrogen) atoms. The summed E-state index contributed by atoms with van der Waals surface area (Å²) in [7, 11) is 0. The van der Waals surface area contributed by atoms with E-state index in [-0.39, 0.29) is 23.1 Å². The van der Waals surface area contributed by atoms with Gasteiger partial charge in [-0.25, -0.2) is 8.78 Å². The van der Waals surface area contributed by atoms with Crippen LogP contribution in [0.15, 0.2) is 23.1 Å². The van der Waals surface area contributed by atoms with Gasteiger partial charge < -0.3 is 10.4 Å². The van der Waals surface area contributed by atoms with E-state index in [1.54, 1.807) is 6.92 Å². The lowest BCUT2D eigenvalue weighted by atomic mass is 10.3. The van der Waals surface area contributed by atoms with E-state index in [0.29, 0.717) is 0 Å². The summed E-state index contributed by atoms with van der Waals surface area (Å²) in [6.45, 7) is 1.71. The number of carbonyl (C=O) groups is 1. The third-order valence-electron chi connectivity index (χ3n) is 1.85. The Kier molecular flexibility index (Phi) is 5.37. The molecule has 1 rings (SSSR count). The molecule has 1 aromatic rings. The van der Waals surface area contributed by atoms with Crippen molar-refractivity contribution in [3.05, 3.63) is 29.8 Å². The Bertz CT molecular complexity index is 399. The molecule has 94 valence electrons. The molecule has 1 aromatic carbocycles. The normalized spacial score (nSPS) is 12.2. The average molecular weight is 261 g/mol. The van der Waals surface area contributed by atoms with Crippen molar-refractivity contribution >= 4 is 17.7 Å². The third kappa shape index (κ3) is 5.14. The monoisotopic (exact) mass is 261 g/mol. The van der Waals surface area contributed by atoms with Gasteiger partial charge in [-0.3, -0.25) is 4.79 Å². The van der Waals surface area contributed by atoms with Crippen molar-refractivity contribution in [2.75, 3.05) is 12.3 Å². The van der Waals surface area contributed by atoms with Gasteiger partial charge in [0.25, 0.3) is 0 Å². The summed E-state index contributed by atoms with van der Waals surface area (Å²) in [6.07, 6.45) is -0.619. The summed E-state index contributed by atoms with van der Waals surface area (Å²) in [6, 6.07) is 3.20. The highest BCUT2D eigenvalue weighted by molar-refractivity contribution is 8.00. The van der Waals surface area contributed by atoms with Crippen LogP contribution < -0.4 is 5.32 Å². The smallest absolute Gasteiger partial charge is 0.230 e. The lowest BCUT2D eigenvalue weighted by Crippen LogP contribution is -2.31. The maximum absolute atomic E-state index is 13.2. The number of hydrogen-bond donors (Lipinski definition) is 2. The fourth-order valence-corrected chi connectivity index (χ4v) is 1.80. The van der Waals surface area contributed by atoms with E-state index in [1.807, 2.05) is 0 Å². The van der Waals surface area contributed by atoms with Crippen LogP contribution in [0.2, 0.25) is 0 Å². The Balaban J connectivity index is 2.42. The molecule has 0 unspecified atom stereocenters. The van der Waals surface area contributed by atoms with Gasteiger partial charge in [0.15, 0.2) is 0 Å². The van der Waals surface area contributed by atoms with Gasteiger partial charge in [0.2, 0.25) is 5.91 Å². The minimum Gasteiger partial charge on any atom is -0.392 e. The highest BCUT2D eigenvalue weighted by Crippen LogP contribution is 2.21. The predicted octanol–water partition coefficient (Wildman–Crippen LogP) is 1.55. The van der Waals surface area contributed by atoms with Crippen molar-refractivity contribution in [1.82, 2.24) is 5.32 Å². The second kappa shape index (κ2) is 6.56.